The van der Waals surface area contributed by atoms with Gasteiger partial charge in [-0.25, -0.2) is 14.8 Å². The fourth-order valence-electron chi connectivity index (χ4n) is 2.33. The summed E-state index contributed by atoms with van der Waals surface area (Å²) in [5, 5.41) is 0. The molecular formula is C18H21BN2O4. The van der Waals surface area contributed by atoms with Gasteiger partial charge < -0.3 is 14.0 Å². The summed E-state index contributed by atoms with van der Waals surface area (Å²) in [4.78, 5) is 20.4. The summed E-state index contributed by atoms with van der Waals surface area (Å²) in [6, 6.07) is 8.81. The van der Waals surface area contributed by atoms with E-state index in [1.54, 1.807) is 36.7 Å². The maximum Gasteiger partial charge on any atom is 0.498 e. The lowest BCUT2D eigenvalue weighted by Crippen LogP contribution is -2.41. The van der Waals surface area contributed by atoms with Crippen molar-refractivity contribution in [3.8, 4) is 0 Å². The van der Waals surface area contributed by atoms with Crippen LogP contribution in [0.5, 0.6) is 0 Å². The summed E-state index contributed by atoms with van der Waals surface area (Å²) in [7, 11) is -0.508. The van der Waals surface area contributed by atoms with E-state index >= 15 is 0 Å². The van der Waals surface area contributed by atoms with E-state index in [-0.39, 0.29) is 6.61 Å². The smallest absolute Gasteiger partial charge is 0.454 e. The number of hydrogen-bond acceptors (Lipinski definition) is 6. The van der Waals surface area contributed by atoms with Crippen molar-refractivity contribution >= 4 is 18.6 Å². The third-order valence-corrected chi connectivity index (χ3v) is 4.59. The molecule has 0 amide bonds. The predicted molar refractivity (Wildman–Crippen MR) is 93.3 cm³/mol. The Bertz CT molecular complexity index is 731. The van der Waals surface area contributed by atoms with E-state index in [0.717, 1.165) is 5.46 Å². The van der Waals surface area contributed by atoms with Crippen LogP contribution in [-0.2, 0) is 20.7 Å². The van der Waals surface area contributed by atoms with Crippen molar-refractivity contribution in [3.05, 3.63) is 54.1 Å². The Morgan fingerprint density at radius 3 is 2.16 bits per heavy atom. The maximum atomic E-state index is 11.9. The summed E-state index contributed by atoms with van der Waals surface area (Å²) in [5.41, 5.74) is 0.399. The van der Waals surface area contributed by atoms with Gasteiger partial charge in [0.2, 0.25) is 0 Å². The number of hydrogen-bond donors (Lipinski definition) is 0. The number of esters is 1. The van der Waals surface area contributed by atoms with Gasteiger partial charge in [-0.2, -0.15) is 0 Å². The lowest BCUT2D eigenvalue weighted by Gasteiger charge is -2.32. The average molecular weight is 340 g/mol. The second-order valence-electron chi connectivity index (χ2n) is 6.96. The Morgan fingerprint density at radius 2 is 1.60 bits per heavy atom. The summed E-state index contributed by atoms with van der Waals surface area (Å²) in [6.45, 7) is 7.98. The van der Waals surface area contributed by atoms with E-state index in [9.17, 15) is 4.79 Å². The Labute approximate surface area is 147 Å². The number of aromatic nitrogens is 2. The molecule has 130 valence electrons. The van der Waals surface area contributed by atoms with Gasteiger partial charge in [0.15, 0.2) is 12.4 Å². The lowest BCUT2D eigenvalue weighted by atomic mass is 9.81. The largest absolute Gasteiger partial charge is 0.498 e. The molecule has 1 fully saturated rings. The molecule has 1 aromatic heterocycles. The molecule has 2 heterocycles. The first-order valence-electron chi connectivity index (χ1n) is 8.17. The monoisotopic (exact) mass is 340 g/mol. The normalized spacial score (nSPS) is 18.2. The Morgan fingerprint density at radius 1 is 1.04 bits per heavy atom. The Kier molecular flexibility index (Phi) is 4.62. The van der Waals surface area contributed by atoms with Crippen LogP contribution in [0.2, 0.25) is 0 Å². The molecule has 0 aliphatic carbocycles. The van der Waals surface area contributed by atoms with Gasteiger partial charge in [0, 0.05) is 17.9 Å². The van der Waals surface area contributed by atoms with E-state index in [0.29, 0.717) is 11.4 Å². The van der Waals surface area contributed by atoms with Crippen molar-refractivity contribution in [2.45, 2.75) is 45.5 Å². The van der Waals surface area contributed by atoms with E-state index in [4.69, 9.17) is 14.0 Å². The molecule has 0 N–H and O–H groups in total. The van der Waals surface area contributed by atoms with Crippen LogP contribution < -0.4 is 5.46 Å². The first kappa shape index (κ1) is 17.6. The summed E-state index contributed by atoms with van der Waals surface area (Å²) in [6.07, 6.45) is 3.28. The molecule has 0 atom stereocenters. The van der Waals surface area contributed by atoms with Crippen LogP contribution in [-0.4, -0.2) is 34.3 Å². The molecule has 1 aliphatic heterocycles. The van der Waals surface area contributed by atoms with Crippen LogP contribution >= 0.6 is 0 Å². The fourth-order valence-corrected chi connectivity index (χ4v) is 2.33. The first-order valence-corrected chi connectivity index (χ1v) is 8.17. The molecule has 0 bridgehead atoms. The van der Waals surface area contributed by atoms with Gasteiger partial charge >= 0.3 is 13.1 Å². The zero-order valence-corrected chi connectivity index (χ0v) is 14.9. The van der Waals surface area contributed by atoms with Gasteiger partial charge in [-0.05, 0) is 39.8 Å². The predicted octanol–water partition coefficient (Wildman–Crippen LogP) is 2.13. The number of rotatable bonds is 4. The van der Waals surface area contributed by atoms with E-state index in [1.165, 1.54) is 0 Å². The third kappa shape index (κ3) is 3.72. The molecule has 1 saturated heterocycles. The zero-order chi connectivity index (χ0) is 18.1. The standard InChI is InChI=1S/C18H21BN2O4/c1-17(2)18(3,4)25-19(24-17)14-10-20-15(21-11-14)12-23-16(22)13-8-6-5-7-9-13/h5-11H,12H2,1-4H3. The van der Waals surface area contributed by atoms with E-state index < -0.39 is 24.3 Å². The van der Waals surface area contributed by atoms with Crippen molar-refractivity contribution in [2.24, 2.45) is 0 Å². The topological polar surface area (TPSA) is 70.5 Å². The molecule has 1 aromatic carbocycles. The highest BCUT2D eigenvalue weighted by Crippen LogP contribution is 2.36. The maximum absolute atomic E-state index is 11.9. The van der Waals surface area contributed by atoms with Gasteiger partial charge in [0.25, 0.3) is 0 Å². The summed E-state index contributed by atoms with van der Waals surface area (Å²) in [5.74, 6) is 0.0174. The van der Waals surface area contributed by atoms with Crippen LogP contribution in [0.25, 0.3) is 0 Å². The number of nitrogens with zero attached hydrogens (tertiary/aromatic N) is 2. The second-order valence-corrected chi connectivity index (χ2v) is 6.96. The Hall–Kier alpha value is -2.25. The molecule has 6 nitrogen and oxygen atoms in total. The number of ether oxygens (including phenoxy) is 1. The molecule has 0 radical (unpaired) electrons. The zero-order valence-electron chi connectivity index (χ0n) is 14.9. The molecule has 0 saturated carbocycles. The minimum absolute atomic E-state index is 0.0113. The average Bonchev–Trinajstić information content (AvgIpc) is 2.82. The van der Waals surface area contributed by atoms with Gasteiger partial charge in [-0.3, -0.25) is 0 Å². The van der Waals surface area contributed by atoms with Gasteiger partial charge in [0.05, 0.1) is 16.8 Å². The third-order valence-electron chi connectivity index (χ3n) is 4.59. The molecule has 3 rings (SSSR count). The molecule has 7 heteroatoms. The van der Waals surface area contributed by atoms with Crippen LogP contribution in [0.1, 0.15) is 43.9 Å². The van der Waals surface area contributed by atoms with E-state index in [1.807, 2.05) is 33.8 Å². The highest BCUT2D eigenvalue weighted by molar-refractivity contribution is 6.61. The molecule has 0 spiro atoms. The van der Waals surface area contributed by atoms with Crippen molar-refractivity contribution in [3.63, 3.8) is 0 Å². The van der Waals surface area contributed by atoms with Crippen LogP contribution in [0.3, 0.4) is 0 Å². The minimum Gasteiger partial charge on any atom is -0.454 e. The highest BCUT2D eigenvalue weighted by Gasteiger charge is 2.51. The van der Waals surface area contributed by atoms with Gasteiger partial charge in [0.1, 0.15) is 0 Å². The van der Waals surface area contributed by atoms with Gasteiger partial charge in [-0.15, -0.1) is 0 Å². The Balaban J connectivity index is 1.61. The fraction of sp³-hybridized carbons (Fsp3) is 0.389. The van der Waals surface area contributed by atoms with Crippen molar-refractivity contribution < 1.29 is 18.8 Å². The summed E-state index contributed by atoms with van der Waals surface area (Å²) >= 11 is 0. The highest BCUT2D eigenvalue weighted by atomic mass is 16.7. The molecule has 2 aromatic rings. The molecule has 0 unspecified atom stereocenters. The number of benzene rings is 1. The minimum atomic E-state index is -0.508. The molecule has 25 heavy (non-hydrogen) atoms. The molecular weight excluding hydrogens is 319 g/mol. The summed E-state index contributed by atoms with van der Waals surface area (Å²) < 4.78 is 17.1. The van der Waals surface area contributed by atoms with Crippen molar-refractivity contribution in [1.82, 2.24) is 9.97 Å². The number of carbonyl (C=O) groups is 1. The molecule has 1 aliphatic rings. The lowest BCUT2D eigenvalue weighted by molar-refractivity contribution is 0.00578. The second kappa shape index (κ2) is 6.57. The van der Waals surface area contributed by atoms with Crippen LogP contribution in [0.4, 0.5) is 0 Å². The first-order chi connectivity index (χ1) is 11.8. The van der Waals surface area contributed by atoms with Crippen LogP contribution in [0.15, 0.2) is 42.7 Å². The van der Waals surface area contributed by atoms with Gasteiger partial charge in [-0.1, -0.05) is 18.2 Å². The SMILES string of the molecule is CC1(C)OB(c2cnc(COC(=O)c3ccccc3)nc2)OC1(C)C. The van der Waals surface area contributed by atoms with E-state index in [2.05, 4.69) is 9.97 Å². The van der Waals surface area contributed by atoms with Crippen LogP contribution in [0, 0.1) is 0 Å². The van der Waals surface area contributed by atoms with Crippen molar-refractivity contribution in [2.75, 3.05) is 0 Å². The quantitative estimate of drug-likeness (QED) is 0.627. The van der Waals surface area contributed by atoms with Crippen molar-refractivity contribution in [1.29, 1.82) is 0 Å². The number of carbonyl (C=O) groups excluding carboxylic acids is 1.